The fourth-order valence-electron chi connectivity index (χ4n) is 0.0788. The molecular weight excluding hydrogens is 94.1 g/mol. The van der Waals surface area contributed by atoms with E-state index in [-0.39, 0.29) is 0 Å². The Morgan fingerprint density at radius 2 is 1.40 bits per heavy atom. The van der Waals surface area contributed by atoms with Crippen LogP contribution in [0.2, 0.25) is 0 Å². The van der Waals surface area contributed by atoms with Gasteiger partial charge < -0.3 is 0 Å². The van der Waals surface area contributed by atoms with Gasteiger partial charge in [-0.15, -0.1) is 0 Å². The van der Waals surface area contributed by atoms with Gasteiger partial charge in [-0.05, 0) is 0 Å². The molecule has 0 unspecified atom stereocenters. The van der Waals surface area contributed by atoms with E-state index in [1.54, 1.807) is 0 Å². The van der Waals surface area contributed by atoms with Crippen molar-refractivity contribution in [1.82, 2.24) is 0 Å². The van der Waals surface area contributed by atoms with Crippen molar-refractivity contribution in [3.05, 3.63) is 0 Å². The first-order valence-electron chi connectivity index (χ1n) is 1.24. The maximum Gasteiger partial charge on any atom is 0.189 e. The summed E-state index contributed by atoms with van der Waals surface area (Å²) >= 11 is 0.713. The first-order valence-corrected chi connectivity index (χ1v) is 2.18. The van der Waals surface area contributed by atoms with Crippen LogP contribution in [0.25, 0.3) is 0 Å². The van der Waals surface area contributed by atoms with Crippen molar-refractivity contribution in [2.45, 2.75) is 11.0 Å². The Morgan fingerprint density at radius 1 is 1.20 bits per heavy atom. The molecule has 0 aliphatic carbocycles. The van der Waals surface area contributed by atoms with E-state index >= 15 is 0 Å². The van der Waals surface area contributed by atoms with Gasteiger partial charge in [0.15, 0.2) is 11.0 Å². The molecule has 1 saturated heterocycles. The highest BCUT2D eigenvalue weighted by Gasteiger charge is 2.38. The van der Waals surface area contributed by atoms with Crippen LogP contribution >= 0.6 is 11.8 Å². The van der Waals surface area contributed by atoms with E-state index in [1.165, 1.54) is 0 Å². The van der Waals surface area contributed by atoms with E-state index < -0.39 is 11.0 Å². The molecule has 30 valence electrons. The van der Waals surface area contributed by atoms with Crippen molar-refractivity contribution in [2.75, 3.05) is 0 Å². The zero-order valence-electron chi connectivity index (χ0n) is 2.32. The normalized spacial score (nSPS) is 49.2. The summed E-state index contributed by atoms with van der Waals surface area (Å²) in [6.07, 6.45) is 0. The fraction of sp³-hybridized carbons (Fsp3) is 1.00. The van der Waals surface area contributed by atoms with Crippen LogP contribution in [-0.4, -0.2) is 11.0 Å². The molecule has 1 heterocycles. The monoisotopic (exact) mass is 96.0 g/mol. The van der Waals surface area contributed by atoms with Crippen molar-refractivity contribution < 1.29 is 8.78 Å². The lowest BCUT2D eigenvalue weighted by Gasteiger charge is -1.56. The van der Waals surface area contributed by atoms with Gasteiger partial charge in [-0.3, -0.25) is 0 Å². The molecule has 0 radical (unpaired) electrons. The summed E-state index contributed by atoms with van der Waals surface area (Å²) in [7, 11) is 0. The Hall–Kier alpha value is 0.210. The second-order valence-electron chi connectivity index (χ2n) is 0.838. The molecule has 0 amide bonds. The second-order valence-corrected chi connectivity index (χ2v) is 2.01. The highest BCUT2D eigenvalue weighted by Crippen LogP contribution is 2.42. The molecule has 1 aliphatic rings. The summed E-state index contributed by atoms with van der Waals surface area (Å²) in [4.78, 5) is 0. The summed E-state index contributed by atoms with van der Waals surface area (Å²) < 4.78 is 22.2. The van der Waals surface area contributed by atoms with Crippen molar-refractivity contribution in [1.29, 1.82) is 0 Å². The lowest BCUT2D eigenvalue weighted by Crippen LogP contribution is -1.68. The predicted molar refractivity (Wildman–Crippen MR) is 17.4 cm³/mol. The summed E-state index contributed by atoms with van der Waals surface area (Å²) in [5.41, 5.74) is -2.40. The van der Waals surface area contributed by atoms with Gasteiger partial charge in [0.25, 0.3) is 0 Å². The standard InChI is InChI=1S/C2H2F2S/c3-1-2(4)5-1/h1-2H/t1-,2+. The van der Waals surface area contributed by atoms with Crippen LogP contribution in [0.4, 0.5) is 8.78 Å². The average molecular weight is 96.1 g/mol. The van der Waals surface area contributed by atoms with Crippen molar-refractivity contribution in [3.8, 4) is 0 Å². The Kier molecular flexibility index (Phi) is 0.568. The molecule has 1 rings (SSSR count). The maximum absolute atomic E-state index is 11.1. The highest BCUT2D eigenvalue weighted by molar-refractivity contribution is 8.07. The van der Waals surface area contributed by atoms with Crippen LogP contribution in [0, 0.1) is 0 Å². The van der Waals surface area contributed by atoms with Gasteiger partial charge in [0, 0.05) is 0 Å². The third-order valence-corrected chi connectivity index (χ3v) is 1.07. The molecule has 3 heteroatoms. The van der Waals surface area contributed by atoms with E-state index in [4.69, 9.17) is 0 Å². The number of rotatable bonds is 0. The van der Waals surface area contributed by atoms with Crippen molar-refractivity contribution in [2.24, 2.45) is 0 Å². The van der Waals surface area contributed by atoms with Gasteiger partial charge in [0.2, 0.25) is 0 Å². The molecule has 0 N–H and O–H groups in total. The van der Waals surface area contributed by atoms with E-state index in [9.17, 15) is 8.78 Å². The third-order valence-electron chi connectivity index (χ3n) is 0.389. The first kappa shape index (κ1) is 3.40. The van der Waals surface area contributed by atoms with Crippen LogP contribution in [0.15, 0.2) is 0 Å². The molecule has 0 aromatic heterocycles. The van der Waals surface area contributed by atoms with E-state index in [1.807, 2.05) is 0 Å². The van der Waals surface area contributed by atoms with Crippen LogP contribution in [0.5, 0.6) is 0 Å². The molecule has 0 spiro atoms. The fourth-order valence-corrected chi connectivity index (χ4v) is 0.236. The molecule has 5 heavy (non-hydrogen) atoms. The van der Waals surface area contributed by atoms with Gasteiger partial charge >= 0.3 is 0 Å². The zero-order valence-corrected chi connectivity index (χ0v) is 3.14. The summed E-state index contributed by atoms with van der Waals surface area (Å²) in [5, 5.41) is 0. The topological polar surface area (TPSA) is 0 Å². The van der Waals surface area contributed by atoms with Crippen LogP contribution in [0.3, 0.4) is 0 Å². The first-order chi connectivity index (χ1) is 2.30. The van der Waals surface area contributed by atoms with Gasteiger partial charge in [-0.1, -0.05) is 11.8 Å². The molecule has 1 aliphatic heterocycles. The molecule has 0 nitrogen and oxygen atoms in total. The van der Waals surface area contributed by atoms with E-state index in [0.717, 1.165) is 0 Å². The quantitative estimate of drug-likeness (QED) is 0.410. The molecule has 1 fully saturated rings. The predicted octanol–water partition coefficient (Wildman–Crippen LogP) is 1.32. The number of alkyl halides is 2. The zero-order chi connectivity index (χ0) is 3.86. The number of halogens is 2. The lowest BCUT2D eigenvalue weighted by molar-refractivity contribution is 0.372. The summed E-state index contributed by atoms with van der Waals surface area (Å²) in [5.74, 6) is 0. The number of hydrogen-bond acceptors (Lipinski definition) is 1. The number of thioether (sulfide) groups is 1. The van der Waals surface area contributed by atoms with Gasteiger partial charge in [0.1, 0.15) is 0 Å². The largest absolute Gasteiger partial charge is 0.231 e. The minimum absolute atomic E-state index is 0.713. The Morgan fingerprint density at radius 3 is 1.40 bits per heavy atom. The Bertz CT molecular complexity index is 40.9. The minimum Gasteiger partial charge on any atom is -0.231 e. The molecule has 2 atom stereocenters. The third kappa shape index (κ3) is 0.533. The average Bonchev–Trinajstić information content (AvgIpc) is 1.79. The highest BCUT2D eigenvalue weighted by atomic mass is 32.2. The molecule has 0 bridgehead atoms. The lowest BCUT2D eigenvalue weighted by atomic mass is 10.9. The van der Waals surface area contributed by atoms with Crippen LogP contribution in [0.1, 0.15) is 0 Å². The van der Waals surface area contributed by atoms with Gasteiger partial charge in [-0.2, -0.15) is 0 Å². The van der Waals surface area contributed by atoms with E-state index in [2.05, 4.69) is 0 Å². The van der Waals surface area contributed by atoms with Gasteiger partial charge in [-0.25, -0.2) is 8.78 Å². The smallest absolute Gasteiger partial charge is 0.189 e. The molecule has 0 saturated carbocycles. The van der Waals surface area contributed by atoms with Gasteiger partial charge in [0.05, 0.1) is 0 Å². The maximum atomic E-state index is 11.1. The van der Waals surface area contributed by atoms with Crippen molar-refractivity contribution >= 4 is 11.8 Å². The van der Waals surface area contributed by atoms with E-state index in [0.29, 0.717) is 11.8 Å². The number of hydrogen-bond donors (Lipinski definition) is 0. The second kappa shape index (κ2) is 0.834. The minimum atomic E-state index is -1.20. The Balaban J connectivity index is 2.20. The SMILES string of the molecule is F[C@@H]1S[C@@H]1F. The van der Waals surface area contributed by atoms with Crippen LogP contribution in [-0.2, 0) is 0 Å². The van der Waals surface area contributed by atoms with Crippen molar-refractivity contribution in [3.63, 3.8) is 0 Å². The Labute approximate surface area is 32.6 Å². The molecular formula is C2H2F2S. The molecule has 0 aromatic rings. The summed E-state index contributed by atoms with van der Waals surface area (Å²) in [6.45, 7) is 0. The van der Waals surface area contributed by atoms with Crippen LogP contribution < -0.4 is 0 Å². The molecule has 0 aromatic carbocycles. The summed E-state index contributed by atoms with van der Waals surface area (Å²) in [6, 6.07) is 0.